The molecule has 1 aromatic carbocycles. The van der Waals surface area contributed by atoms with Gasteiger partial charge < -0.3 is 5.73 Å². The summed E-state index contributed by atoms with van der Waals surface area (Å²) in [6.07, 6.45) is 0. The van der Waals surface area contributed by atoms with Gasteiger partial charge in [-0.25, -0.2) is 0 Å². The van der Waals surface area contributed by atoms with Gasteiger partial charge in [-0.15, -0.1) is 0 Å². The first kappa shape index (κ1) is 8.43. The fourth-order valence-corrected chi connectivity index (χ4v) is 1.52. The van der Waals surface area contributed by atoms with E-state index in [0.29, 0.717) is 15.7 Å². The molecule has 0 bridgehead atoms. The fourth-order valence-electron chi connectivity index (χ4n) is 0.538. The van der Waals surface area contributed by atoms with Crippen LogP contribution in [-0.2, 0) is 0 Å². The zero-order chi connectivity index (χ0) is 7.72. The van der Waals surface area contributed by atoms with E-state index in [1.807, 2.05) is 0 Å². The van der Waals surface area contributed by atoms with Crippen LogP contribution in [0, 0.1) is 3.57 Å². The molecule has 0 spiro atoms. The van der Waals surface area contributed by atoms with Crippen molar-refractivity contribution in [3.63, 3.8) is 0 Å². The van der Waals surface area contributed by atoms with E-state index in [-0.39, 0.29) is 0 Å². The van der Waals surface area contributed by atoms with Gasteiger partial charge in [-0.3, -0.25) is 0 Å². The Morgan fingerprint density at radius 2 is 1.70 bits per heavy atom. The van der Waals surface area contributed by atoms with Crippen LogP contribution in [0.1, 0.15) is 0 Å². The van der Waals surface area contributed by atoms with Crippen LogP contribution < -0.4 is 5.73 Å². The molecule has 0 atom stereocenters. The predicted molar refractivity (Wildman–Crippen MR) is 53.6 cm³/mol. The molecule has 1 aromatic rings. The Labute approximate surface area is 82.6 Å². The maximum absolute atomic E-state index is 5.69. The molecule has 54 valence electrons. The SMILES string of the molecule is Nc1cc(Cl)c(Cl)cc1I. The standard InChI is InChI=1S/C6H4Cl2IN/c7-3-1-5(9)6(10)2-4(3)8/h1-2H,10H2. The number of anilines is 1. The topological polar surface area (TPSA) is 26.0 Å². The molecule has 10 heavy (non-hydrogen) atoms. The van der Waals surface area contributed by atoms with Crippen molar-refractivity contribution in [1.29, 1.82) is 0 Å². The van der Waals surface area contributed by atoms with Gasteiger partial charge in [0.1, 0.15) is 0 Å². The highest BCUT2D eigenvalue weighted by atomic mass is 127. The molecular weight excluding hydrogens is 284 g/mol. The molecule has 0 amide bonds. The molecule has 0 unspecified atom stereocenters. The predicted octanol–water partition coefficient (Wildman–Crippen LogP) is 3.18. The molecule has 0 saturated heterocycles. The van der Waals surface area contributed by atoms with Gasteiger partial charge >= 0.3 is 0 Å². The second-order valence-electron chi connectivity index (χ2n) is 1.79. The fraction of sp³-hybridized carbons (Fsp3) is 0. The van der Waals surface area contributed by atoms with Gasteiger partial charge in [-0.1, -0.05) is 23.2 Å². The molecule has 0 fully saturated rings. The van der Waals surface area contributed by atoms with Crippen molar-refractivity contribution in [1.82, 2.24) is 0 Å². The Morgan fingerprint density at radius 3 is 2.20 bits per heavy atom. The summed E-state index contributed by atoms with van der Waals surface area (Å²) >= 11 is 13.5. The first-order valence-electron chi connectivity index (χ1n) is 2.51. The Balaban J connectivity index is 3.28. The molecule has 0 aliphatic carbocycles. The van der Waals surface area contributed by atoms with Crippen molar-refractivity contribution < 1.29 is 0 Å². The normalized spacial score (nSPS) is 9.90. The monoisotopic (exact) mass is 287 g/mol. The zero-order valence-corrected chi connectivity index (χ0v) is 8.54. The number of halogens is 3. The van der Waals surface area contributed by atoms with Gasteiger partial charge in [-0.2, -0.15) is 0 Å². The molecule has 0 aliphatic rings. The molecule has 0 radical (unpaired) electrons. The number of nitrogen functional groups attached to an aromatic ring is 1. The van der Waals surface area contributed by atoms with Crippen molar-refractivity contribution >= 4 is 51.5 Å². The lowest BCUT2D eigenvalue weighted by molar-refractivity contribution is 1.62. The minimum absolute atomic E-state index is 0.500. The summed E-state index contributed by atoms with van der Waals surface area (Å²) < 4.78 is 0.923. The first-order chi connectivity index (χ1) is 4.61. The average Bonchev–Trinajstić information content (AvgIpc) is 1.84. The number of hydrogen-bond donors (Lipinski definition) is 1. The van der Waals surface area contributed by atoms with Crippen LogP contribution in [0.15, 0.2) is 12.1 Å². The number of nitrogens with two attached hydrogens (primary N) is 1. The van der Waals surface area contributed by atoms with Gasteiger partial charge in [0.05, 0.1) is 10.0 Å². The first-order valence-corrected chi connectivity index (χ1v) is 4.35. The highest BCUT2D eigenvalue weighted by molar-refractivity contribution is 14.1. The van der Waals surface area contributed by atoms with E-state index < -0.39 is 0 Å². The highest BCUT2D eigenvalue weighted by Gasteiger charge is 2.00. The summed E-state index contributed by atoms with van der Waals surface area (Å²) in [5.74, 6) is 0. The quantitative estimate of drug-likeness (QED) is 0.443. The summed E-state index contributed by atoms with van der Waals surface area (Å²) in [4.78, 5) is 0. The van der Waals surface area contributed by atoms with Crippen LogP contribution in [0.4, 0.5) is 5.69 Å². The van der Waals surface area contributed by atoms with Crippen LogP contribution in [-0.4, -0.2) is 0 Å². The van der Waals surface area contributed by atoms with E-state index >= 15 is 0 Å². The molecule has 1 rings (SSSR count). The number of rotatable bonds is 0. The van der Waals surface area contributed by atoms with Crippen molar-refractivity contribution in [2.45, 2.75) is 0 Å². The lowest BCUT2D eigenvalue weighted by Crippen LogP contribution is -1.88. The van der Waals surface area contributed by atoms with Crippen molar-refractivity contribution in [2.75, 3.05) is 5.73 Å². The van der Waals surface area contributed by atoms with Crippen LogP contribution in [0.25, 0.3) is 0 Å². The minimum Gasteiger partial charge on any atom is -0.398 e. The Kier molecular flexibility index (Phi) is 2.66. The largest absolute Gasteiger partial charge is 0.398 e. The van der Waals surface area contributed by atoms with Crippen molar-refractivity contribution in [3.8, 4) is 0 Å². The van der Waals surface area contributed by atoms with E-state index in [1.54, 1.807) is 12.1 Å². The highest BCUT2D eigenvalue weighted by Crippen LogP contribution is 2.27. The van der Waals surface area contributed by atoms with E-state index in [4.69, 9.17) is 28.9 Å². The summed E-state index contributed by atoms with van der Waals surface area (Å²) in [5.41, 5.74) is 6.20. The minimum atomic E-state index is 0.500. The Hall–Kier alpha value is 0.330. The van der Waals surface area contributed by atoms with E-state index in [1.165, 1.54) is 0 Å². The van der Waals surface area contributed by atoms with Gasteiger partial charge in [0, 0.05) is 9.26 Å². The summed E-state index contributed by atoms with van der Waals surface area (Å²) in [6, 6.07) is 3.38. The number of benzene rings is 1. The van der Waals surface area contributed by atoms with Crippen molar-refractivity contribution in [3.05, 3.63) is 25.7 Å². The smallest absolute Gasteiger partial charge is 0.0613 e. The number of hydrogen-bond acceptors (Lipinski definition) is 1. The summed E-state index contributed by atoms with van der Waals surface area (Å²) in [7, 11) is 0. The Bertz CT molecular complexity index is 212. The van der Waals surface area contributed by atoms with Crippen LogP contribution in [0.5, 0.6) is 0 Å². The zero-order valence-electron chi connectivity index (χ0n) is 4.87. The lowest BCUT2D eigenvalue weighted by atomic mass is 10.3. The third-order valence-electron chi connectivity index (χ3n) is 1.04. The molecule has 4 heteroatoms. The third kappa shape index (κ3) is 1.68. The van der Waals surface area contributed by atoms with Crippen LogP contribution >= 0.6 is 45.8 Å². The maximum atomic E-state index is 5.69. The van der Waals surface area contributed by atoms with E-state index in [2.05, 4.69) is 22.6 Å². The molecule has 2 N–H and O–H groups in total. The van der Waals surface area contributed by atoms with Gasteiger partial charge in [0.2, 0.25) is 0 Å². The summed E-state index contributed by atoms with van der Waals surface area (Å²) in [5, 5.41) is 1.04. The molecule has 0 aliphatic heterocycles. The van der Waals surface area contributed by atoms with Crippen LogP contribution in [0.3, 0.4) is 0 Å². The van der Waals surface area contributed by atoms with Gasteiger partial charge in [0.15, 0.2) is 0 Å². The van der Waals surface area contributed by atoms with E-state index in [9.17, 15) is 0 Å². The van der Waals surface area contributed by atoms with Gasteiger partial charge in [0.25, 0.3) is 0 Å². The van der Waals surface area contributed by atoms with Crippen LogP contribution in [0.2, 0.25) is 10.0 Å². The van der Waals surface area contributed by atoms with E-state index in [0.717, 1.165) is 3.57 Å². The van der Waals surface area contributed by atoms with Gasteiger partial charge in [-0.05, 0) is 34.7 Å². The summed E-state index contributed by atoms with van der Waals surface area (Å²) in [6.45, 7) is 0. The maximum Gasteiger partial charge on any atom is 0.0613 e. The molecule has 0 saturated carbocycles. The second-order valence-corrected chi connectivity index (χ2v) is 3.76. The lowest BCUT2D eigenvalue weighted by Gasteiger charge is -1.99. The second kappa shape index (κ2) is 3.15. The molecule has 0 aromatic heterocycles. The Morgan fingerprint density at radius 1 is 1.20 bits per heavy atom. The third-order valence-corrected chi connectivity index (χ3v) is 2.70. The van der Waals surface area contributed by atoms with Crippen molar-refractivity contribution in [2.24, 2.45) is 0 Å². The molecular formula is C6H4Cl2IN. The average molecular weight is 288 g/mol. The molecule has 0 heterocycles. The molecule has 1 nitrogen and oxygen atoms in total.